The summed E-state index contributed by atoms with van der Waals surface area (Å²) >= 11 is 0. The van der Waals surface area contributed by atoms with Crippen LogP contribution in [0.3, 0.4) is 0 Å². The zero-order valence-electron chi connectivity index (χ0n) is 9.99. The number of hydrogen-bond donors (Lipinski definition) is 2. The first-order chi connectivity index (χ1) is 7.63. The lowest BCUT2D eigenvalue weighted by molar-refractivity contribution is 0.475. The van der Waals surface area contributed by atoms with Gasteiger partial charge in [-0.3, -0.25) is 0 Å². The van der Waals surface area contributed by atoms with Crippen molar-refractivity contribution >= 4 is 10.9 Å². The lowest BCUT2D eigenvalue weighted by Crippen LogP contribution is -2.12. The molecule has 2 aromatic rings. The third-order valence-corrected chi connectivity index (χ3v) is 2.78. The van der Waals surface area contributed by atoms with Crippen LogP contribution in [0, 0.1) is 0 Å². The van der Waals surface area contributed by atoms with E-state index in [4.69, 9.17) is 0 Å². The van der Waals surface area contributed by atoms with Crippen LogP contribution in [0.4, 0.5) is 0 Å². The maximum Gasteiger partial charge on any atom is 0.117 e. The van der Waals surface area contributed by atoms with Crippen molar-refractivity contribution in [3.63, 3.8) is 0 Å². The molecule has 0 amide bonds. The first-order valence-electron chi connectivity index (χ1n) is 5.61. The number of phenolic OH excluding ortho intramolecular Hbond substituents is 1. The standard InChI is InChI=1S/C13H18N2O/c1-9(2)15-11(8-14-3)6-10-4-5-12(16)7-13(10)15/h4-7,9,14,16H,8H2,1-3H3. The maximum absolute atomic E-state index is 9.55. The van der Waals surface area contributed by atoms with Crippen LogP contribution in [0.5, 0.6) is 5.75 Å². The Kier molecular flexibility index (Phi) is 2.88. The molecule has 0 saturated carbocycles. The van der Waals surface area contributed by atoms with Crippen molar-refractivity contribution < 1.29 is 5.11 Å². The Morgan fingerprint density at radius 2 is 2.06 bits per heavy atom. The molecular weight excluding hydrogens is 200 g/mol. The fourth-order valence-corrected chi connectivity index (χ4v) is 2.19. The predicted octanol–water partition coefficient (Wildman–Crippen LogP) is 2.65. The van der Waals surface area contributed by atoms with Gasteiger partial charge in [0.25, 0.3) is 0 Å². The molecule has 86 valence electrons. The smallest absolute Gasteiger partial charge is 0.117 e. The topological polar surface area (TPSA) is 37.2 Å². The summed E-state index contributed by atoms with van der Waals surface area (Å²) in [6, 6.07) is 8.08. The van der Waals surface area contributed by atoms with Crippen LogP contribution in [-0.4, -0.2) is 16.7 Å². The van der Waals surface area contributed by atoms with Gasteiger partial charge in [0.1, 0.15) is 5.75 Å². The van der Waals surface area contributed by atoms with Gasteiger partial charge in [0, 0.05) is 29.7 Å². The molecular formula is C13H18N2O. The van der Waals surface area contributed by atoms with Crippen LogP contribution < -0.4 is 5.32 Å². The lowest BCUT2D eigenvalue weighted by atomic mass is 10.2. The molecule has 0 radical (unpaired) electrons. The van der Waals surface area contributed by atoms with Gasteiger partial charge >= 0.3 is 0 Å². The number of aromatic hydroxyl groups is 1. The summed E-state index contributed by atoms with van der Waals surface area (Å²) in [5.74, 6) is 0.323. The third kappa shape index (κ3) is 1.78. The molecule has 1 aromatic heterocycles. The van der Waals surface area contributed by atoms with E-state index in [0.29, 0.717) is 11.8 Å². The molecule has 0 aliphatic carbocycles. The molecule has 0 spiro atoms. The number of nitrogens with one attached hydrogen (secondary N) is 1. The molecule has 3 nitrogen and oxygen atoms in total. The zero-order valence-corrected chi connectivity index (χ0v) is 9.99. The Morgan fingerprint density at radius 3 is 2.69 bits per heavy atom. The first-order valence-corrected chi connectivity index (χ1v) is 5.61. The molecule has 2 N–H and O–H groups in total. The van der Waals surface area contributed by atoms with E-state index in [-0.39, 0.29) is 0 Å². The van der Waals surface area contributed by atoms with Crippen LogP contribution in [0.2, 0.25) is 0 Å². The van der Waals surface area contributed by atoms with Gasteiger partial charge in [-0.15, -0.1) is 0 Å². The van der Waals surface area contributed by atoms with E-state index in [9.17, 15) is 5.11 Å². The first kappa shape index (κ1) is 11.0. The van der Waals surface area contributed by atoms with Gasteiger partial charge in [0.05, 0.1) is 5.52 Å². The normalized spacial score (nSPS) is 11.5. The van der Waals surface area contributed by atoms with Gasteiger partial charge in [-0.05, 0) is 39.1 Å². The fourth-order valence-electron chi connectivity index (χ4n) is 2.19. The van der Waals surface area contributed by atoms with E-state index >= 15 is 0 Å². The molecule has 1 aromatic carbocycles. The van der Waals surface area contributed by atoms with Crippen molar-refractivity contribution in [1.82, 2.24) is 9.88 Å². The van der Waals surface area contributed by atoms with Crippen LogP contribution >= 0.6 is 0 Å². The Hall–Kier alpha value is -1.48. The summed E-state index contributed by atoms with van der Waals surface area (Å²) in [6.07, 6.45) is 0. The van der Waals surface area contributed by atoms with E-state index in [1.807, 2.05) is 19.2 Å². The highest BCUT2D eigenvalue weighted by atomic mass is 16.3. The Morgan fingerprint density at radius 1 is 1.31 bits per heavy atom. The molecule has 0 fully saturated rings. The molecule has 2 rings (SSSR count). The average molecular weight is 218 g/mol. The van der Waals surface area contributed by atoms with Crippen molar-refractivity contribution in [1.29, 1.82) is 0 Å². The summed E-state index contributed by atoms with van der Waals surface area (Å²) in [6.45, 7) is 5.15. The van der Waals surface area contributed by atoms with Crippen molar-refractivity contribution in [2.24, 2.45) is 0 Å². The molecule has 0 aliphatic rings. The highest BCUT2D eigenvalue weighted by Gasteiger charge is 2.11. The highest BCUT2D eigenvalue weighted by molar-refractivity contribution is 5.82. The van der Waals surface area contributed by atoms with Crippen molar-refractivity contribution in [3.05, 3.63) is 30.0 Å². The van der Waals surface area contributed by atoms with Gasteiger partial charge in [-0.1, -0.05) is 0 Å². The SMILES string of the molecule is CNCc1cc2ccc(O)cc2n1C(C)C. The summed E-state index contributed by atoms with van der Waals surface area (Å²) in [5, 5.41) is 13.9. The number of fused-ring (bicyclic) bond motifs is 1. The minimum atomic E-state index is 0.323. The molecule has 0 aliphatic heterocycles. The molecule has 1 heterocycles. The highest BCUT2D eigenvalue weighted by Crippen LogP contribution is 2.27. The second-order valence-corrected chi connectivity index (χ2v) is 4.37. The predicted molar refractivity (Wildman–Crippen MR) is 66.8 cm³/mol. The summed E-state index contributed by atoms with van der Waals surface area (Å²) < 4.78 is 2.26. The van der Waals surface area contributed by atoms with Crippen molar-refractivity contribution in [2.45, 2.75) is 26.4 Å². The molecule has 3 heteroatoms. The van der Waals surface area contributed by atoms with E-state index in [0.717, 1.165) is 12.1 Å². The van der Waals surface area contributed by atoms with Crippen molar-refractivity contribution in [2.75, 3.05) is 7.05 Å². The second kappa shape index (κ2) is 4.18. The molecule has 0 unspecified atom stereocenters. The minimum Gasteiger partial charge on any atom is -0.508 e. The van der Waals surface area contributed by atoms with Gasteiger partial charge in [0.15, 0.2) is 0 Å². The van der Waals surface area contributed by atoms with Crippen LogP contribution in [-0.2, 0) is 6.54 Å². The fraction of sp³-hybridized carbons (Fsp3) is 0.385. The number of benzene rings is 1. The summed E-state index contributed by atoms with van der Waals surface area (Å²) in [7, 11) is 1.94. The maximum atomic E-state index is 9.55. The Bertz CT molecular complexity index is 500. The minimum absolute atomic E-state index is 0.323. The molecule has 0 atom stereocenters. The number of aromatic nitrogens is 1. The van der Waals surface area contributed by atoms with E-state index in [1.165, 1.54) is 11.1 Å². The third-order valence-electron chi connectivity index (χ3n) is 2.78. The van der Waals surface area contributed by atoms with Gasteiger partial charge in [-0.2, -0.15) is 0 Å². The van der Waals surface area contributed by atoms with E-state index < -0.39 is 0 Å². The number of nitrogens with zero attached hydrogens (tertiary/aromatic N) is 1. The van der Waals surface area contributed by atoms with Gasteiger partial charge in [0.2, 0.25) is 0 Å². The average Bonchev–Trinajstić information content (AvgIpc) is 2.55. The molecule has 0 bridgehead atoms. The summed E-state index contributed by atoms with van der Waals surface area (Å²) in [5.41, 5.74) is 2.35. The molecule has 16 heavy (non-hydrogen) atoms. The van der Waals surface area contributed by atoms with E-state index in [2.05, 4.69) is 29.8 Å². The van der Waals surface area contributed by atoms with E-state index in [1.54, 1.807) is 6.07 Å². The second-order valence-electron chi connectivity index (χ2n) is 4.37. The van der Waals surface area contributed by atoms with Gasteiger partial charge < -0.3 is 15.0 Å². The molecule has 0 saturated heterocycles. The number of phenols is 1. The quantitative estimate of drug-likeness (QED) is 0.831. The van der Waals surface area contributed by atoms with Crippen LogP contribution in [0.25, 0.3) is 10.9 Å². The lowest BCUT2D eigenvalue weighted by Gasteiger charge is -2.14. The number of rotatable bonds is 3. The Labute approximate surface area is 95.7 Å². The van der Waals surface area contributed by atoms with Gasteiger partial charge in [-0.25, -0.2) is 0 Å². The van der Waals surface area contributed by atoms with Crippen LogP contribution in [0.15, 0.2) is 24.3 Å². The van der Waals surface area contributed by atoms with Crippen LogP contribution in [0.1, 0.15) is 25.6 Å². The zero-order chi connectivity index (χ0) is 11.7. The number of hydrogen-bond acceptors (Lipinski definition) is 2. The Balaban J connectivity index is 2.67. The summed E-state index contributed by atoms with van der Waals surface area (Å²) in [4.78, 5) is 0. The monoisotopic (exact) mass is 218 g/mol. The van der Waals surface area contributed by atoms with Crippen molar-refractivity contribution in [3.8, 4) is 5.75 Å². The largest absolute Gasteiger partial charge is 0.508 e.